The van der Waals surface area contributed by atoms with Crippen LogP contribution in [0.15, 0.2) is 12.2 Å². The van der Waals surface area contributed by atoms with Crippen molar-refractivity contribution in [2.24, 2.45) is 56.7 Å². The Kier molecular flexibility index (Phi) is 7.24. The van der Waals surface area contributed by atoms with Crippen molar-refractivity contribution in [1.82, 2.24) is 0 Å². The molecule has 0 aromatic heterocycles. The van der Waals surface area contributed by atoms with Crippen molar-refractivity contribution in [3.8, 4) is 0 Å². The van der Waals surface area contributed by atoms with Crippen LogP contribution in [0.4, 0.5) is 0 Å². The van der Waals surface area contributed by atoms with E-state index in [4.69, 9.17) is 9.47 Å². The van der Waals surface area contributed by atoms with Crippen LogP contribution in [0.5, 0.6) is 0 Å². The molecule has 38 heavy (non-hydrogen) atoms. The van der Waals surface area contributed by atoms with E-state index in [9.17, 15) is 9.90 Å². The molecule has 0 aliphatic heterocycles. The number of ether oxygens (including phenoxy) is 2. The van der Waals surface area contributed by atoms with E-state index in [-0.39, 0.29) is 34.9 Å². The lowest BCUT2D eigenvalue weighted by Gasteiger charge is -2.73. The number of hydrogen-bond donors (Lipinski definition) is 1. The lowest BCUT2D eigenvalue weighted by Crippen LogP contribution is -2.66. The maximum atomic E-state index is 12.5. The Morgan fingerprint density at radius 3 is 2.32 bits per heavy atom. The van der Waals surface area contributed by atoms with Crippen LogP contribution in [0.25, 0.3) is 0 Å². The third-order valence-electron chi connectivity index (χ3n) is 14.2. The van der Waals surface area contributed by atoms with Gasteiger partial charge in [0.2, 0.25) is 0 Å². The van der Waals surface area contributed by atoms with Gasteiger partial charge in [0.15, 0.2) is 0 Å². The third kappa shape index (κ3) is 3.92. The van der Waals surface area contributed by atoms with E-state index in [0.29, 0.717) is 53.6 Å². The molecule has 0 bridgehead atoms. The molecule has 1 N–H and O–H groups in total. The summed E-state index contributed by atoms with van der Waals surface area (Å²) < 4.78 is 11.3. The van der Waals surface area contributed by atoms with Crippen molar-refractivity contribution in [3.05, 3.63) is 12.2 Å². The Morgan fingerprint density at radius 1 is 0.895 bits per heavy atom. The summed E-state index contributed by atoms with van der Waals surface area (Å²) in [6, 6.07) is 0. The monoisotopic (exact) mass is 528 g/mol. The highest BCUT2D eigenvalue weighted by atomic mass is 16.6. The number of carbonyl (C=O) groups is 1. The van der Waals surface area contributed by atoms with Crippen LogP contribution in [0.2, 0.25) is 0 Å². The third-order valence-corrected chi connectivity index (χ3v) is 14.2. The summed E-state index contributed by atoms with van der Waals surface area (Å²) in [6.07, 6.45) is 11.8. The zero-order chi connectivity index (χ0) is 27.7. The average molecular weight is 529 g/mol. The topological polar surface area (TPSA) is 55.8 Å². The van der Waals surface area contributed by atoms with Crippen molar-refractivity contribution in [1.29, 1.82) is 0 Å². The molecule has 5 rings (SSSR count). The van der Waals surface area contributed by atoms with E-state index in [1.807, 2.05) is 6.92 Å². The second-order valence-corrected chi connectivity index (χ2v) is 15.7. The molecule has 0 spiro atoms. The van der Waals surface area contributed by atoms with Gasteiger partial charge in [0, 0.05) is 12.0 Å². The van der Waals surface area contributed by atoms with Gasteiger partial charge in [-0.25, -0.2) is 4.79 Å². The van der Waals surface area contributed by atoms with Gasteiger partial charge in [-0.05, 0) is 129 Å². The quantitative estimate of drug-likeness (QED) is 0.285. The number of esters is 1. The van der Waals surface area contributed by atoms with Crippen LogP contribution >= 0.6 is 0 Å². The van der Waals surface area contributed by atoms with E-state index in [1.54, 1.807) is 0 Å². The van der Waals surface area contributed by atoms with Crippen molar-refractivity contribution < 1.29 is 19.4 Å². The number of carbonyl (C=O) groups excluding carboxylic acids is 1. The van der Waals surface area contributed by atoms with Crippen LogP contribution in [0, 0.1) is 56.7 Å². The fraction of sp³-hybridized carbons (Fsp3) is 0.912. The minimum Gasteiger partial charge on any atom is -0.463 e. The van der Waals surface area contributed by atoms with E-state index in [1.165, 1.54) is 50.5 Å². The second kappa shape index (κ2) is 9.61. The van der Waals surface area contributed by atoms with Gasteiger partial charge < -0.3 is 14.6 Å². The lowest BCUT2D eigenvalue weighted by atomic mass is 9.32. The number of allylic oxidation sites excluding steroid dienone is 1. The molecule has 5 fully saturated rings. The largest absolute Gasteiger partial charge is 0.463 e. The van der Waals surface area contributed by atoms with Gasteiger partial charge in [0.05, 0.1) is 12.7 Å². The van der Waals surface area contributed by atoms with E-state index in [2.05, 4.69) is 48.1 Å². The summed E-state index contributed by atoms with van der Waals surface area (Å²) in [5, 5.41) is 11.0. The normalized spacial score (nSPS) is 49.3. The summed E-state index contributed by atoms with van der Waals surface area (Å²) in [5.74, 6) is 2.82. The van der Waals surface area contributed by atoms with Crippen molar-refractivity contribution in [2.75, 3.05) is 19.8 Å². The molecule has 5 aliphatic carbocycles. The first kappa shape index (κ1) is 28.7. The number of hydrogen-bond acceptors (Lipinski definition) is 4. The fourth-order valence-corrected chi connectivity index (χ4v) is 12.0. The maximum absolute atomic E-state index is 12.5. The smallest absolute Gasteiger partial charge is 0.332 e. The Hall–Kier alpha value is -0.870. The summed E-state index contributed by atoms with van der Waals surface area (Å²) in [7, 11) is 0. The second-order valence-electron chi connectivity index (χ2n) is 15.7. The van der Waals surface area contributed by atoms with Crippen molar-refractivity contribution in [3.63, 3.8) is 0 Å². The summed E-state index contributed by atoms with van der Waals surface area (Å²) >= 11 is 0. The fourth-order valence-electron chi connectivity index (χ4n) is 12.0. The molecule has 0 aromatic carbocycles. The Bertz CT molecular complexity index is 941. The van der Waals surface area contributed by atoms with E-state index < -0.39 is 0 Å². The molecule has 4 nitrogen and oxygen atoms in total. The standard InChI is InChI=1S/C34H56O4/c1-9-37-20-28(36)38-21-34-17-12-23(22(2)3)29(34)24-10-11-26-31(6)15-14-27(35)30(4,5)25(31)13-16-33(26,8)32(24,7)18-19-34/h23-27,29,35H,2,9-21H2,1,3-8H3/t23-,24+,25-,26+,27-,29+,31-,32+,33+,34+/m0/s1. The number of fused-ring (bicyclic) bond motifs is 7. The van der Waals surface area contributed by atoms with E-state index in [0.717, 1.165) is 19.3 Å². The Balaban J connectivity index is 1.46. The van der Waals surface area contributed by atoms with Gasteiger partial charge in [-0.15, -0.1) is 0 Å². The maximum Gasteiger partial charge on any atom is 0.332 e. The molecular formula is C34H56O4. The van der Waals surface area contributed by atoms with Gasteiger partial charge in [0.25, 0.3) is 0 Å². The highest BCUT2D eigenvalue weighted by molar-refractivity contribution is 5.70. The molecule has 216 valence electrons. The summed E-state index contributed by atoms with van der Waals surface area (Å²) in [5.41, 5.74) is 2.29. The first-order chi connectivity index (χ1) is 17.8. The van der Waals surface area contributed by atoms with Crippen molar-refractivity contribution in [2.45, 2.75) is 119 Å². The number of rotatable bonds is 6. The minimum absolute atomic E-state index is 0.00430. The minimum atomic E-state index is -0.212. The average Bonchev–Trinajstić information content (AvgIpc) is 3.25. The van der Waals surface area contributed by atoms with Crippen molar-refractivity contribution >= 4 is 5.97 Å². The van der Waals surface area contributed by atoms with Crippen LogP contribution in [0.3, 0.4) is 0 Å². The van der Waals surface area contributed by atoms with Gasteiger partial charge in [-0.1, -0.05) is 46.8 Å². The first-order valence-corrected chi connectivity index (χ1v) is 15.8. The Labute approximate surface area is 232 Å². The molecule has 5 saturated carbocycles. The highest BCUT2D eigenvalue weighted by Crippen LogP contribution is 2.77. The zero-order valence-electron chi connectivity index (χ0n) is 25.5. The molecule has 5 aliphatic rings. The molecular weight excluding hydrogens is 472 g/mol. The zero-order valence-corrected chi connectivity index (χ0v) is 25.5. The van der Waals surface area contributed by atoms with Crippen LogP contribution in [0.1, 0.15) is 113 Å². The van der Waals surface area contributed by atoms with Crippen LogP contribution < -0.4 is 0 Å². The number of aliphatic hydroxyl groups excluding tert-OH is 1. The molecule has 0 saturated heterocycles. The molecule has 10 atom stereocenters. The predicted octanol–water partition coefficient (Wildman–Crippen LogP) is 7.58. The number of aliphatic hydroxyl groups is 1. The Morgan fingerprint density at radius 2 is 1.63 bits per heavy atom. The van der Waals surface area contributed by atoms with E-state index >= 15 is 0 Å². The lowest BCUT2D eigenvalue weighted by molar-refractivity contribution is -0.250. The molecule has 0 unspecified atom stereocenters. The summed E-state index contributed by atoms with van der Waals surface area (Å²) in [4.78, 5) is 12.5. The molecule has 4 heteroatoms. The molecule has 0 amide bonds. The SMILES string of the molecule is C=C(C)[C@@H]1CC[C@]2(COC(=O)COCC)CC[C@]3(C)[C@H](CC[C@@H]4[C@@]5(C)CC[C@H](O)C(C)(C)[C@@H]5CC[C@]43C)[C@@H]12. The van der Waals surface area contributed by atoms with Gasteiger partial charge in [0.1, 0.15) is 6.61 Å². The molecule has 0 heterocycles. The predicted molar refractivity (Wildman–Crippen MR) is 152 cm³/mol. The van der Waals surface area contributed by atoms with Crippen LogP contribution in [-0.2, 0) is 14.3 Å². The highest BCUT2D eigenvalue weighted by Gasteiger charge is 2.70. The van der Waals surface area contributed by atoms with Crippen LogP contribution in [-0.4, -0.2) is 37.0 Å². The van der Waals surface area contributed by atoms with Gasteiger partial charge in [-0.2, -0.15) is 0 Å². The van der Waals surface area contributed by atoms with Gasteiger partial charge >= 0.3 is 5.97 Å². The summed E-state index contributed by atoms with van der Waals surface area (Å²) in [6.45, 7) is 22.4. The first-order valence-electron chi connectivity index (χ1n) is 15.8. The molecule has 0 aromatic rings. The van der Waals surface area contributed by atoms with Gasteiger partial charge in [-0.3, -0.25) is 0 Å². The molecule has 0 radical (unpaired) electrons.